The molecule has 0 aliphatic heterocycles. The zero-order valence-electron chi connectivity index (χ0n) is 7.65. The maximum atomic E-state index is 3.76. The maximum absolute atomic E-state index is 3.76. The molecule has 0 heteroatoms. The lowest BCUT2D eigenvalue weighted by molar-refractivity contribution is 0.518. The van der Waals surface area contributed by atoms with Crippen molar-refractivity contribution in [1.82, 2.24) is 0 Å². The van der Waals surface area contributed by atoms with E-state index in [2.05, 4.69) is 39.5 Å². The van der Waals surface area contributed by atoms with Gasteiger partial charge in [0.15, 0.2) is 0 Å². The highest BCUT2D eigenvalue weighted by Gasteiger charge is 2.17. The summed E-state index contributed by atoms with van der Waals surface area (Å²) in [4.78, 5) is 0. The van der Waals surface area contributed by atoms with Crippen LogP contribution in [0.1, 0.15) is 27.2 Å². The average molecular weight is 148 g/mol. The zero-order chi connectivity index (χ0) is 8.48. The molecule has 60 valence electrons. The molecule has 1 rings (SSSR count). The van der Waals surface area contributed by atoms with E-state index in [1.807, 2.05) is 6.08 Å². The van der Waals surface area contributed by atoms with Gasteiger partial charge in [-0.05, 0) is 23.0 Å². The Kier molecular flexibility index (Phi) is 2.03. The average Bonchev–Trinajstić information content (AvgIpc) is 2.32. The summed E-state index contributed by atoms with van der Waals surface area (Å²) in [5, 5.41) is 0. The molecule has 0 unspecified atom stereocenters. The highest BCUT2D eigenvalue weighted by Crippen LogP contribution is 2.32. The summed E-state index contributed by atoms with van der Waals surface area (Å²) in [6, 6.07) is 0. The minimum absolute atomic E-state index is 0.296. The van der Waals surface area contributed by atoms with Crippen LogP contribution in [0.4, 0.5) is 0 Å². The van der Waals surface area contributed by atoms with E-state index in [4.69, 9.17) is 0 Å². The van der Waals surface area contributed by atoms with Gasteiger partial charge < -0.3 is 0 Å². The second-order valence-corrected chi connectivity index (χ2v) is 4.04. The molecule has 0 saturated heterocycles. The summed E-state index contributed by atoms with van der Waals surface area (Å²) in [6.45, 7) is 10.5. The van der Waals surface area contributed by atoms with E-state index in [0.29, 0.717) is 5.41 Å². The van der Waals surface area contributed by atoms with Gasteiger partial charge in [-0.25, -0.2) is 0 Å². The van der Waals surface area contributed by atoms with Crippen molar-refractivity contribution in [1.29, 1.82) is 0 Å². The summed E-state index contributed by atoms with van der Waals surface area (Å²) < 4.78 is 0. The Bertz CT molecular complexity index is 221. The summed E-state index contributed by atoms with van der Waals surface area (Å²) in [6.07, 6.45) is 7.54. The Morgan fingerprint density at radius 1 is 1.45 bits per heavy atom. The Balaban J connectivity index is 2.79. The summed E-state index contributed by atoms with van der Waals surface area (Å²) in [5.41, 5.74) is 3.08. The molecular weight excluding hydrogens is 132 g/mol. The normalized spacial score (nSPS) is 17.7. The zero-order valence-corrected chi connectivity index (χ0v) is 7.65. The first-order valence-electron chi connectivity index (χ1n) is 4.07. The van der Waals surface area contributed by atoms with Crippen molar-refractivity contribution >= 4 is 0 Å². The predicted molar refractivity (Wildman–Crippen MR) is 50.4 cm³/mol. The summed E-state index contributed by atoms with van der Waals surface area (Å²) >= 11 is 0. The van der Waals surface area contributed by atoms with Gasteiger partial charge in [0.1, 0.15) is 0 Å². The quantitative estimate of drug-likeness (QED) is 0.534. The molecule has 0 amide bonds. The van der Waals surface area contributed by atoms with E-state index < -0.39 is 0 Å². The smallest absolute Gasteiger partial charge is 0.00915 e. The third-order valence-corrected chi connectivity index (χ3v) is 2.03. The molecule has 0 heterocycles. The lowest BCUT2D eigenvalue weighted by atomic mass is 9.87. The van der Waals surface area contributed by atoms with E-state index in [1.165, 1.54) is 11.1 Å². The Morgan fingerprint density at radius 3 is 2.36 bits per heavy atom. The van der Waals surface area contributed by atoms with Crippen molar-refractivity contribution < 1.29 is 0 Å². The topological polar surface area (TPSA) is 0 Å². The molecule has 0 fully saturated rings. The molecule has 1 aliphatic carbocycles. The van der Waals surface area contributed by atoms with Crippen molar-refractivity contribution in [2.45, 2.75) is 27.2 Å². The molecule has 0 atom stereocenters. The van der Waals surface area contributed by atoms with Crippen LogP contribution in [0, 0.1) is 5.41 Å². The Hall–Kier alpha value is -0.780. The standard InChI is InChI=1S/C11H16/c1-5-9-6-7-10(8-9)11(2,3)4/h5,7-8H,1,6H2,2-4H3. The van der Waals surface area contributed by atoms with E-state index in [0.717, 1.165) is 6.42 Å². The van der Waals surface area contributed by atoms with Crippen molar-refractivity contribution in [2.24, 2.45) is 5.41 Å². The van der Waals surface area contributed by atoms with Gasteiger partial charge in [-0.3, -0.25) is 0 Å². The van der Waals surface area contributed by atoms with Crippen LogP contribution in [0.5, 0.6) is 0 Å². The lowest BCUT2D eigenvalue weighted by Gasteiger charge is -2.18. The first-order chi connectivity index (χ1) is 5.04. The predicted octanol–water partition coefficient (Wildman–Crippen LogP) is 3.48. The fraction of sp³-hybridized carbons (Fsp3) is 0.455. The number of allylic oxidation sites excluding steroid dienone is 5. The summed E-state index contributed by atoms with van der Waals surface area (Å²) in [5.74, 6) is 0. The molecular formula is C11H16. The maximum Gasteiger partial charge on any atom is -0.00915 e. The van der Waals surface area contributed by atoms with Gasteiger partial charge in [0.2, 0.25) is 0 Å². The SMILES string of the molecule is C=CC1=CC(C(C)(C)C)=CC1. The monoisotopic (exact) mass is 148 g/mol. The van der Waals surface area contributed by atoms with Gasteiger partial charge in [0, 0.05) is 0 Å². The molecule has 0 radical (unpaired) electrons. The van der Waals surface area contributed by atoms with Gasteiger partial charge in [-0.2, -0.15) is 0 Å². The van der Waals surface area contributed by atoms with Crippen LogP contribution >= 0.6 is 0 Å². The Morgan fingerprint density at radius 2 is 2.09 bits per heavy atom. The molecule has 0 spiro atoms. The molecule has 0 aromatic rings. The molecule has 0 saturated carbocycles. The number of rotatable bonds is 1. The van der Waals surface area contributed by atoms with Crippen molar-refractivity contribution in [3.8, 4) is 0 Å². The Labute approximate surface area is 69.3 Å². The van der Waals surface area contributed by atoms with Crippen LogP contribution in [0.3, 0.4) is 0 Å². The van der Waals surface area contributed by atoms with Crippen LogP contribution < -0.4 is 0 Å². The largest absolute Gasteiger partial charge is 0.0988 e. The lowest BCUT2D eigenvalue weighted by Crippen LogP contribution is -2.05. The molecule has 0 aromatic carbocycles. The first kappa shape index (κ1) is 8.32. The molecule has 0 bridgehead atoms. The van der Waals surface area contributed by atoms with Gasteiger partial charge in [0.05, 0.1) is 0 Å². The van der Waals surface area contributed by atoms with Crippen LogP contribution in [-0.2, 0) is 0 Å². The third kappa shape index (κ3) is 1.83. The van der Waals surface area contributed by atoms with Gasteiger partial charge in [-0.15, -0.1) is 0 Å². The molecule has 1 aliphatic rings. The summed E-state index contributed by atoms with van der Waals surface area (Å²) in [7, 11) is 0. The minimum Gasteiger partial charge on any atom is -0.0988 e. The highest BCUT2D eigenvalue weighted by atomic mass is 14.2. The fourth-order valence-electron chi connectivity index (χ4n) is 1.21. The molecule has 11 heavy (non-hydrogen) atoms. The van der Waals surface area contributed by atoms with Crippen LogP contribution in [0.25, 0.3) is 0 Å². The van der Waals surface area contributed by atoms with E-state index in [9.17, 15) is 0 Å². The minimum atomic E-state index is 0.296. The van der Waals surface area contributed by atoms with E-state index >= 15 is 0 Å². The first-order valence-corrected chi connectivity index (χ1v) is 4.07. The van der Waals surface area contributed by atoms with Gasteiger partial charge in [0.25, 0.3) is 0 Å². The van der Waals surface area contributed by atoms with Crippen LogP contribution in [0.15, 0.2) is 36.0 Å². The van der Waals surface area contributed by atoms with Gasteiger partial charge >= 0.3 is 0 Å². The van der Waals surface area contributed by atoms with E-state index in [-0.39, 0.29) is 0 Å². The number of hydrogen-bond donors (Lipinski definition) is 0. The molecule has 0 nitrogen and oxygen atoms in total. The van der Waals surface area contributed by atoms with Crippen molar-refractivity contribution in [3.05, 3.63) is 36.0 Å². The highest BCUT2D eigenvalue weighted by molar-refractivity contribution is 5.40. The van der Waals surface area contributed by atoms with Crippen molar-refractivity contribution in [2.75, 3.05) is 0 Å². The fourth-order valence-corrected chi connectivity index (χ4v) is 1.21. The van der Waals surface area contributed by atoms with Crippen LogP contribution in [0.2, 0.25) is 0 Å². The molecule has 0 N–H and O–H groups in total. The third-order valence-electron chi connectivity index (χ3n) is 2.03. The van der Waals surface area contributed by atoms with Crippen LogP contribution in [-0.4, -0.2) is 0 Å². The molecule has 0 aromatic heterocycles. The second-order valence-electron chi connectivity index (χ2n) is 4.04. The number of hydrogen-bond acceptors (Lipinski definition) is 0. The van der Waals surface area contributed by atoms with Crippen molar-refractivity contribution in [3.63, 3.8) is 0 Å². The second kappa shape index (κ2) is 2.69. The van der Waals surface area contributed by atoms with E-state index in [1.54, 1.807) is 0 Å². The van der Waals surface area contributed by atoms with Gasteiger partial charge in [-0.1, -0.05) is 45.6 Å².